The van der Waals surface area contributed by atoms with Gasteiger partial charge in [-0.15, -0.1) is 0 Å². The third kappa shape index (κ3) is 5.56. The molecule has 1 N–H and O–H groups in total. The first-order valence-corrected chi connectivity index (χ1v) is 14.6. The lowest BCUT2D eigenvalue weighted by Gasteiger charge is -2.31. The Balaban J connectivity index is 1.83. The maximum Gasteiger partial charge on any atom is 0.267 e. The van der Waals surface area contributed by atoms with Gasteiger partial charge in [0, 0.05) is 18.3 Å². The second-order valence-corrected chi connectivity index (χ2v) is 13.5. The first kappa shape index (κ1) is 26.9. The third-order valence-electron chi connectivity index (χ3n) is 6.01. The van der Waals surface area contributed by atoms with Crippen molar-refractivity contribution in [3.63, 3.8) is 0 Å². The van der Waals surface area contributed by atoms with Crippen molar-refractivity contribution in [3.8, 4) is 6.07 Å². The average Bonchev–Trinajstić information content (AvgIpc) is 3.20. The van der Waals surface area contributed by atoms with E-state index >= 15 is 0 Å². The van der Waals surface area contributed by atoms with Crippen molar-refractivity contribution in [2.45, 2.75) is 68.5 Å². The highest BCUT2D eigenvalue weighted by Crippen LogP contribution is 2.35. The van der Waals surface area contributed by atoms with Crippen molar-refractivity contribution in [1.29, 1.82) is 5.26 Å². The molecule has 1 aliphatic carbocycles. The van der Waals surface area contributed by atoms with Gasteiger partial charge in [-0.3, -0.25) is 4.72 Å². The number of fused-ring (bicyclic) bond motifs is 1. The Kier molecular flexibility index (Phi) is 6.96. The van der Waals surface area contributed by atoms with Gasteiger partial charge in [0.15, 0.2) is 0 Å². The summed E-state index contributed by atoms with van der Waals surface area (Å²) in [6.07, 6.45) is 1.72. The summed E-state index contributed by atoms with van der Waals surface area (Å²) in [5, 5.41) is 8.95. The van der Waals surface area contributed by atoms with E-state index in [-0.39, 0.29) is 40.0 Å². The van der Waals surface area contributed by atoms with Gasteiger partial charge in [0.2, 0.25) is 0 Å². The Hall–Kier alpha value is -3.20. The highest BCUT2D eigenvalue weighted by Gasteiger charge is 2.36. The van der Waals surface area contributed by atoms with Crippen LogP contribution >= 0.6 is 0 Å². The number of nitrogens with one attached hydrogen (secondary N) is 1. The first-order chi connectivity index (χ1) is 17.2. The van der Waals surface area contributed by atoms with Gasteiger partial charge >= 0.3 is 0 Å². The lowest BCUT2D eigenvalue weighted by Crippen LogP contribution is -2.33. The van der Waals surface area contributed by atoms with Crippen molar-refractivity contribution in [3.05, 3.63) is 76.9 Å². The van der Waals surface area contributed by atoms with E-state index in [1.165, 1.54) is 18.2 Å². The Morgan fingerprint density at radius 3 is 2.38 bits per heavy atom. The molecule has 1 unspecified atom stereocenters. The number of aromatic nitrogens is 1. The molecule has 1 heterocycles. The van der Waals surface area contributed by atoms with E-state index in [0.29, 0.717) is 17.7 Å². The third-order valence-corrected chi connectivity index (χ3v) is 9.14. The van der Waals surface area contributed by atoms with E-state index in [0.717, 1.165) is 27.9 Å². The minimum Gasteiger partial charge on any atom is -0.372 e. The van der Waals surface area contributed by atoms with Crippen molar-refractivity contribution >= 4 is 25.7 Å². The van der Waals surface area contributed by atoms with Gasteiger partial charge in [-0.1, -0.05) is 17.7 Å². The van der Waals surface area contributed by atoms with Gasteiger partial charge in [-0.05, 0) is 76.4 Å². The minimum absolute atomic E-state index is 0.0183. The Bertz CT molecular complexity index is 1600. The largest absolute Gasteiger partial charge is 0.372 e. The molecular formula is C26H28FN3O5S2. The molecule has 0 aliphatic heterocycles. The van der Waals surface area contributed by atoms with Crippen LogP contribution in [0.2, 0.25) is 0 Å². The first-order valence-electron chi connectivity index (χ1n) is 11.7. The molecule has 0 fully saturated rings. The smallest absolute Gasteiger partial charge is 0.267 e. The number of hydrogen-bond donors (Lipinski definition) is 1. The number of aryl methyl sites for hydroxylation is 1. The molecule has 0 saturated heterocycles. The van der Waals surface area contributed by atoms with Crippen LogP contribution in [0.15, 0.2) is 58.5 Å². The molecule has 0 radical (unpaired) electrons. The lowest BCUT2D eigenvalue weighted by atomic mass is 9.95. The molecule has 8 nitrogen and oxygen atoms in total. The van der Waals surface area contributed by atoms with E-state index in [9.17, 15) is 21.2 Å². The van der Waals surface area contributed by atoms with Crippen LogP contribution in [0.1, 0.15) is 49.6 Å². The zero-order chi connectivity index (χ0) is 27.2. The molecule has 2 aromatic carbocycles. The number of benzene rings is 2. The van der Waals surface area contributed by atoms with Crippen LogP contribution in [0.3, 0.4) is 0 Å². The lowest BCUT2D eigenvalue weighted by molar-refractivity contribution is -0.0648. The summed E-state index contributed by atoms with van der Waals surface area (Å²) in [4.78, 5) is -0.221. The highest BCUT2D eigenvalue weighted by molar-refractivity contribution is 7.93. The Morgan fingerprint density at radius 1 is 1.11 bits per heavy atom. The van der Waals surface area contributed by atoms with Crippen LogP contribution in [-0.4, -0.2) is 32.5 Å². The predicted molar refractivity (Wildman–Crippen MR) is 137 cm³/mol. The van der Waals surface area contributed by atoms with Gasteiger partial charge in [-0.2, -0.15) is 5.26 Å². The molecule has 1 atom stereocenters. The molecular weight excluding hydrogens is 517 g/mol. The molecule has 3 aromatic rings. The fraction of sp³-hybridized carbons (Fsp3) is 0.346. The van der Waals surface area contributed by atoms with Gasteiger partial charge < -0.3 is 4.74 Å². The number of halogens is 1. The second-order valence-electron chi connectivity index (χ2n) is 10.0. The van der Waals surface area contributed by atoms with Gasteiger partial charge in [0.25, 0.3) is 20.0 Å². The normalized spacial score (nSPS) is 16.2. The predicted octanol–water partition coefficient (Wildman–Crippen LogP) is 4.52. The summed E-state index contributed by atoms with van der Waals surface area (Å²) in [5.41, 5.74) is 0.778. The standard InChI is InChI=1S/C26H28FN3O5S2/c1-17-5-9-20(10-6-17)37(33,34)30-16-25(21-11-8-19(14-24(21)30)35-26(2,3)4)36(31,32)29-23-12-7-18(15-28)13-22(23)27/h5-7,9-10,12-13,16,19,29H,8,11,14H2,1-4H3. The van der Waals surface area contributed by atoms with E-state index in [2.05, 4.69) is 4.72 Å². The SMILES string of the molecule is Cc1ccc(S(=O)(=O)n2cc(S(=O)(=O)Nc3ccc(C#N)cc3F)c3c2CC(OC(C)(C)C)CC3)cc1. The number of anilines is 1. The van der Waals surface area contributed by atoms with E-state index in [1.807, 2.05) is 27.7 Å². The summed E-state index contributed by atoms with van der Waals surface area (Å²) in [7, 11) is -8.51. The molecule has 4 rings (SSSR count). The number of hydrogen-bond acceptors (Lipinski definition) is 6. The Morgan fingerprint density at radius 2 is 1.78 bits per heavy atom. The topological polar surface area (TPSA) is 118 Å². The zero-order valence-corrected chi connectivity index (χ0v) is 22.6. The number of sulfonamides is 1. The minimum atomic E-state index is -4.38. The molecule has 1 aromatic heterocycles. The number of ether oxygens (including phenoxy) is 1. The van der Waals surface area contributed by atoms with E-state index in [1.54, 1.807) is 18.2 Å². The van der Waals surface area contributed by atoms with Gasteiger partial charge in [0.05, 0.1) is 33.9 Å². The summed E-state index contributed by atoms with van der Waals surface area (Å²) >= 11 is 0. The van der Waals surface area contributed by atoms with Crippen LogP contribution in [-0.2, 0) is 37.6 Å². The Labute approximate surface area is 216 Å². The van der Waals surface area contributed by atoms with Gasteiger partial charge in [0.1, 0.15) is 10.7 Å². The van der Waals surface area contributed by atoms with Crippen LogP contribution in [0.25, 0.3) is 0 Å². The molecule has 1 aliphatic rings. The average molecular weight is 546 g/mol. The fourth-order valence-corrected chi connectivity index (χ4v) is 7.23. The quantitative estimate of drug-likeness (QED) is 0.487. The summed E-state index contributed by atoms with van der Waals surface area (Å²) < 4.78 is 78.0. The van der Waals surface area contributed by atoms with E-state index < -0.39 is 31.5 Å². The molecule has 0 spiro atoms. The van der Waals surface area contributed by atoms with Crippen molar-refractivity contribution in [1.82, 2.24) is 3.97 Å². The van der Waals surface area contributed by atoms with Crippen LogP contribution in [0.4, 0.5) is 10.1 Å². The maximum absolute atomic E-state index is 14.5. The number of nitrogens with zero attached hydrogens (tertiary/aromatic N) is 2. The summed E-state index contributed by atoms with van der Waals surface area (Å²) in [5.74, 6) is -0.915. The van der Waals surface area contributed by atoms with Crippen LogP contribution in [0.5, 0.6) is 0 Å². The van der Waals surface area contributed by atoms with Crippen molar-refractivity contribution in [2.24, 2.45) is 0 Å². The van der Waals surface area contributed by atoms with Crippen molar-refractivity contribution < 1.29 is 26.0 Å². The van der Waals surface area contributed by atoms with Crippen LogP contribution < -0.4 is 4.72 Å². The molecule has 0 saturated carbocycles. The fourth-order valence-electron chi connectivity index (χ4n) is 4.38. The number of rotatable bonds is 6. The summed E-state index contributed by atoms with van der Waals surface area (Å²) in [6, 6.07) is 11.4. The van der Waals surface area contributed by atoms with Crippen LogP contribution in [0, 0.1) is 24.1 Å². The highest BCUT2D eigenvalue weighted by atomic mass is 32.2. The van der Waals surface area contributed by atoms with Crippen molar-refractivity contribution in [2.75, 3.05) is 4.72 Å². The van der Waals surface area contributed by atoms with Gasteiger partial charge in [-0.25, -0.2) is 25.2 Å². The second kappa shape index (κ2) is 9.59. The summed E-state index contributed by atoms with van der Waals surface area (Å²) in [6.45, 7) is 7.53. The molecule has 0 bridgehead atoms. The number of nitriles is 1. The molecule has 0 amide bonds. The maximum atomic E-state index is 14.5. The monoisotopic (exact) mass is 545 g/mol. The van der Waals surface area contributed by atoms with E-state index in [4.69, 9.17) is 10.00 Å². The molecule has 11 heteroatoms. The molecule has 37 heavy (non-hydrogen) atoms. The molecule has 196 valence electrons. The zero-order valence-electron chi connectivity index (χ0n) is 20.9.